The van der Waals surface area contributed by atoms with E-state index < -0.39 is 78.5 Å². The highest BCUT2D eigenvalue weighted by Crippen LogP contribution is 2.26. The van der Waals surface area contributed by atoms with Crippen LogP contribution in [0.2, 0.25) is 0 Å². The number of allylic oxidation sites excluding steroid dienone is 7. The van der Waals surface area contributed by atoms with Gasteiger partial charge in [0.25, 0.3) is 0 Å². The molecule has 0 radical (unpaired) electrons. The van der Waals surface area contributed by atoms with Crippen LogP contribution in [-0.2, 0) is 28.9 Å². The summed E-state index contributed by atoms with van der Waals surface area (Å²) in [7, 11) is -5.13. The van der Waals surface area contributed by atoms with Crippen LogP contribution in [0.5, 0.6) is 0 Å². The second-order valence-electron chi connectivity index (χ2n) is 16.5. The number of nitrogens with one attached hydrogen (secondary N) is 1. The fourth-order valence-corrected chi connectivity index (χ4v) is 7.68. The predicted octanol–water partition coefficient (Wildman–Crippen LogP) is 8.24. The highest BCUT2D eigenvalue weighted by atomic mass is 32.3. The Hall–Kier alpha value is -1.98. The van der Waals surface area contributed by atoms with E-state index in [1.54, 1.807) is 6.08 Å². The number of carbonyl (C=O) groups is 1. The minimum atomic E-state index is -5.13. The van der Waals surface area contributed by atoms with Gasteiger partial charge in [0.15, 0.2) is 6.29 Å². The van der Waals surface area contributed by atoms with E-state index in [1.807, 2.05) is 0 Å². The Morgan fingerprint density at radius 2 is 1.15 bits per heavy atom. The molecule has 0 aromatic heterocycles. The summed E-state index contributed by atoms with van der Waals surface area (Å²) < 4.78 is 47.5. The van der Waals surface area contributed by atoms with E-state index in [1.165, 1.54) is 96.0 Å². The number of carbonyl (C=O) groups excluding carboxylic acids is 1. The van der Waals surface area contributed by atoms with Gasteiger partial charge in [-0.2, -0.15) is 8.42 Å². The van der Waals surface area contributed by atoms with Crippen molar-refractivity contribution in [3.05, 3.63) is 48.6 Å². The molecule has 14 heteroatoms. The van der Waals surface area contributed by atoms with Gasteiger partial charge in [0.2, 0.25) is 5.91 Å². The summed E-state index contributed by atoms with van der Waals surface area (Å²) in [6.07, 6.45) is 33.3. The number of ether oxygens (including phenoxy) is 2. The molecule has 0 saturated carbocycles. The fraction of sp³-hybridized carbons (Fsp3) is 0.809. The first-order chi connectivity index (χ1) is 29.4. The predicted molar refractivity (Wildman–Crippen MR) is 242 cm³/mol. The largest absolute Gasteiger partial charge is 0.397 e. The van der Waals surface area contributed by atoms with E-state index in [0.717, 1.165) is 57.8 Å². The number of hydrogen-bond acceptors (Lipinski definition) is 11. The van der Waals surface area contributed by atoms with Crippen LogP contribution < -0.4 is 5.32 Å². The fourth-order valence-electron chi connectivity index (χ4n) is 7.17. The first-order valence-corrected chi connectivity index (χ1v) is 25.0. The summed E-state index contributed by atoms with van der Waals surface area (Å²) in [5, 5.41) is 55.2. The Labute approximate surface area is 369 Å². The molecule has 356 valence electrons. The van der Waals surface area contributed by atoms with Gasteiger partial charge in [0.1, 0.15) is 30.5 Å². The number of hydrogen-bond donors (Lipinski definition) is 7. The van der Waals surface area contributed by atoms with Crippen LogP contribution in [0.1, 0.15) is 181 Å². The quantitative estimate of drug-likeness (QED) is 0.0135. The SMILES string of the molecule is CCCCC/C=C\C=C/CCCCCCCC(O)C(=O)NC(COC1OC(CO)C(O)C(OS(=O)(=O)O)C1O)C(O)/C=C/CC/C=C/CCCCCCCCCCCCCC. The van der Waals surface area contributed by atoms with E-state index in [0.29, 0.717) is 12.8 Å². The zero-order chi connectivity index (χ0) is 45.0. The van der Waals surface area contributed by atoms with Crippen molar-refractivity contribution < 1.29 is 57.0 Å². The third-order valence-electron chi connectivity index (χ3n) is 11.0. The summed E-state index contributed by atoms with van der Waals surface area (Å²) in [4.78, 5) is 13.1. The van der Waals surface area contributed by atoms with Gasteiger partial charge >= 0.3 is 10.4 Å². The molecule has 1 rings (SSSR count). The lowest BCUT2D eigenvalue weighted by Gasteiger charge is -2.41. The zero-order valence-corrected chi connectivity index (χ0v) is 38.4. The van der Waals surface area contributed by atoms with Crippen LogP contribution in [0, 0.1) is 0 Å². The molecule has 61 heavy (non-hydrogen) atoms. The maximum Gasteiger partial charge on any atom is 0.397 e. The molecular formula is C47H85NO12S. The Kier molecular flexibility index (Phi) is 35.0. The molecule has 1 aliphatic heterocycles. The van der Waals surface area contributed by atoms with Crippen LogP contribution in [0.4, 0.5) is 0 Å². The minimum absolute atomic E-state index is 0.217. The van der Waals surface area contributed by atoms with Crippen molar-refractivity contribution in [2.24, 2.45) is 0 Å². The molecular weight excluding hydrogens is 803 g/mol. The molecule has 1 aliphatic rings. The molecule has 8 unspecified atom stereocenters. The first kappa shape index (κ1) is 57.0. The maximum absolute atomic E-state index is 13.1. The molecule has 1 fully saturated rings. The topological polar surface area (TPSA) is 212 Å². The maximum atomic E-state index is 13.1. The summed E-state index contributed by atoms with van der Waals surface area (Å²) >= 11 is 0. The second-order valence-corrected chi connectivity index (χ2v) is 17.5. The smallest absolute Gasteiger partial charge is 0.394 e. The van der Waals surface area contributed by atoms with Crippen molar-refractivity contribution in [1.82, 2.24) is 5.32 Å². The average Bonchev–Trinajstić information content (AvgIpc) is 3.23. The number of rotatable bonds is 39. The summed E-state index contributed by atoms with van der Waals surface area (Å²) in [5.41, 5.74) is 0. The molecule has 1 saturated heterocycles. The molecule has 13 nitrogen and oxygen atoms in total. The molecule has 1 heterocycles. The molecule has 0 aromatic carbocycles. The Bertz CT molecular complexity index is 1290. The van der Waals surface area contributed by atoms with E-state index in [2.05, 4.69) is 59.8 Å². The lowest BCUT2D eigenvalue weighted by Crippen LogP contribution is -2.61. The van der Waals surface area contributed by atoms with Crippen molar-refractivity contribution in [3.63, 3.8) is 0 Å². The van der Waals surface area contributed by atoms with Crippen LogP contribution in [0.3, 0.4) is 0 Å². The second kappa shape index (κ2) is 37.4. The summed E-state index contributed by atoms with van der Waals surface area (Å²) in [6.45, 7) is 3.15. The van der Waals surface area contributed by atoms with E-state index in [-0.39, 0.29) is 6.42 Å². The van der Waals surface area contributed by atoms with Crippen LogP contribution in [-0.4, -0.2) is 107 Å². The summed E-state index contributed by atoms with van der Waals surface area (Å²) in [6, 6.07) is -1.14. The van der Waals surface area contributed by atoms with Gasteiger partial charge in [-0.25, -0.2) is 4.18 Å². The number of unbranched alkanes of at least 4 members (excludes halogenated alkanes) is 21. The summed E-state index contributed by atoms with van der Waals surface area (Å²) in [5.74, 6) is -0.726. The molecule has 0 spiro atoms. The normalized spacial score (nSPS) is 21.6. The van der Waals surface area contributed by atoms with Gasteiger partial charge in [-0.3, -0.25) is 9.35 Å². The van der Waals surface area contributed by atoms with Crippen molar-refractivity contribution in [3.8, 4) is 0 Å². The first-order valence-electron chi connectivity index (χ1n) is 23.6. The average molecular weight is 888 g/mol. The molecule has 7 N–H and O–H groups in total. The van der Waals surface area contributed by atoms with Crippen molar-refractivity contribution in [1.29, 1.82) is 0 Å². The third-order valence-corrected chi connectivity index (χ3v) is 11.4. The van der Waals surface area contributed by atoms with Crippen LogP contribution in [0.15, 0.2) is 48.6 Å². The van der Waals surface area contributed by atoms with E-state index in [9.17, 15) is 43.3 Å². The number of aliphatic hydroxyl groups excluding tert-OH is 5. The zero-order valence-electron chi connectivity index (χ0n) is 37.6. The lowest BCUT2D eigenvalue weighted by molar-refractivity contribution is -0.298. The van der Waals surface area contributed by atoms with Gasteiger partial charge in [0.05, 0.1) is 25.4 Å². The van der Waals surface area contributed by atoms with Crippen molar-refractivity contribution in [2.75, 3.05) is 13.2 Å². The van der Waals surface area contributed by atoms with Crippen molar-refractivity contribution in [2.45, 2.75) is 230 Å². The lowest BCUT2D eigenvalue weighted by atomic mass is 9.99. The number of amides is 1. The Morgan fingerprint density at radius 3 is 1.70 bits per heavy atom. The molecule has 0 bridgehead atoms. The van der Waals surface area contributed by atoms with Gasteiger partial charge in [-0.05, 0) is 57.8 Å². The highest BCUT2D eigenvalue weighted by Gasteiger charge is 2.48. The highest BCUT2D eigenvalue weighted by molar-refractivity contribution is 7.80. The van der Waals surface area contributed by atoms with Gasteiger partial charge in [-0.1, -0.05) is 172 Å². The minimum Gasteiger partial charge on any atom is -0.394 e. The van der Waals surface area contributed by atoms with Gasteiger partial charge in [0, 0.05) is 0 Å². The van der Waals surface area contributed by atoms with E-state index in [4.69, 9.17) is 9.47 Å². The molecule has 0 aromatic rings. The standard InChI is InChI=1S/C47H85NO12S/c1-3-5-7-9-11-13-15-17-19-20-21-22-24-25-27-29-31-33-35-40(50)39(38-58-47-44(53)45(60-61(55,56)57)43(52)42(37-49)59-47)48-46(54)41(51)36-34-32-30-28-26-23-18-16-14-12-10-8-6-4-2/h12,14,16,18,25,27,33,35,39-45,47,49-53H,3-11,13,15,17,19-24,26,28-32,34,36-38H2,1-2H3,(H,48,54)(H,55,56,57)/b14-12-,18-16-,27-25+,35-33+. The third kappa shape index (κ3) is 29.9. The molecule has 8 atom stereocenters. The molecule has 1 amide bonds. The monoisotopic (exact) mass is 888 g/mol. The Morgan fingerprint density at radius 1 is 0.672 bits per heavy atom. The van der Waals surface area contributed by atoms with Crippen molar-refractivity contribution >= 4 is 16.3 Å². The Balaban J connectivity index is 2.62. The van der Waals surface area contributed by atoms with Gasteiger partial charge in [-0.15, -0.1) is 0 Å². The van der Waals surface area contributed by atoms with Gasteiger partial charge < -0.3 is 40.3 Å². The molecule has 0 aliphatic carbocycles. The van der Waals surface area contributed by atoms with Crippen LogP contribution in [0.25, 0.3) is 0 Å². The van der Waals surface area contributed by atoms with E-state index >= 15 is 0 Å². The van der Waals surface area contributed by atoms with Crippen LogP contribution >= 0.6 is 0 Å². The number of aliphatic hydroxyl groups is 5.